The Kier molecular flexibility index (Phi) is 9.20. The fourth-order valence-corrected chi connectivity index (χ4v) is 4.26. The van der Waals surface area contributed by atoms with Gasteiger partial charge in [-0.15, -0.1) is 0 Å². The lowest BCUT2D eigenvalue weighted by atomic mass is 10.1. The molecule has 1 fully saturated rings. The van der Waals surface area contributed by atoms with E-state index < -0.39 is 23.8 Å². The predicted octanol–water partition coefficient (Wildman–Crippen LogP) is 2.40. The third kappa shape index (κ3) is 6.82. The molecule has 1 aliphatic heterocycles. The van der Waals surface area contributed by atoms with Crippen LogP contribution >= 0.6 is 0 Å². The maximum absolute atomic E-state index is 13.4. The molecule has 13 heteroatoms. The van der Waals surface area contributed by atoms with Crippen LogP contribution in [0.1, 0.15) is 18.4 Å². The maximum Gasteiger partial charge on any atom is 0.457 e. The molecule has 1 unspecified atom stereocenters. The van der Waals surface area contributed by atoms with Gasteiger partial charge >= 0.3 is 18.2 Å². The number of hydrogen-bond acceptors (Lipinski definition) is 7. The zero-order valence-corrected chi connectivity index (χ0v) is 20.7. The van der Waals surface area contributed by atoms with Crippen molar-refractivity contribution in [2.75, 3.05) is 49.5 Å². The molecule has 3 rings (SSSR count). The summed E-state index contributed by atoms with van der Waals surface area (Å²) in [4.78, 5) is 28.9. The Bertz CT molecular complexity index is 1230. The molecule has 1 N–H and O–H groups in total. The van der Waals surface area contributed by atoms with Crippen LogP contribution in [0.5, 0.6) is 5.75 Å². The van der Waals surface area contributed by atoms with Crippen molar-refractivity contribution in [1.82, 2.24) is 14.0 Å². The first kappa shape index (κ1) is 28.0. The summed E-state index contributed by atoms with van der Waals surface area (Å²) in [5.41, 5.74) is -0.0765. The van der Waals surface area contributed by atoms with Gasteiger partial charge in [-0.25, -0.2) is 4.79 Å². The summed E-state index contributed by atoms with van der Waals surface area (Å²) in [6.45, 7) is 3.55. The number of aromatic nitrogens is 2. The highest BCUT2D eigenvalue weighted by Crippen LogP contribution is 2.33. The van der Waals surface area contributed by atoms with Gasteiger partial charge in [0.15, 0.2) is 0 Å². The number of hydrogen-bond donors (Lipinski definition) is 1. The topological polar surface area (TPSA) is 95.5 Å². The SMILES string of the molecule is Cn1c(NCCCN2CCN(c3ccccc3OC(F)C(F)(F)F)CC2)c(CCC#N)c(=O)n(C)c1=O. The van der Waals surface area contributed by atoms with Crippen LogP contribution in [0.25, 0.3) is 0 Å². The lowest BCUT2D eigenvalue weighted by Crippen LogP contribution is -2.47. The number of alkyl halides is 4. The second-order valence-corrected chi connectivity index (χ2v) is 8.74. The summed E-state index contributed by atoms with van der Waals surface area (Å²) in [7, 11) is 2.97. The summed E-state index contributed by atoms with van der Waals surface area (Å²) < 4.78 is 58.2. The van der Waals surface area contributed by atoms with Gasteiger partial charge < -0.3 is 15.0 Å². The lowest BCUT2D eigenvalue weighted by molar-refractivity contribution is -0.236. The molecule has 0 radical (unpaired) electrons. The Morgan fingerprint density at radius 2 is 1.78 bits per heavy atom. The fraction of sp³-hybridized carbons (Fsp3) is 0.542. The van der Waals surface area contributed by atoms with Crippen LogP contribution in [0, 0.1) is 11.3 Å². The predicted molar refractivity (Wildman–Crippen MR) is 131 cm³/mol. The van der Waals surface area contributed by atoms with Gasteiger partial charge in [-0.3, -0.25) is 18.8 Å². The van der Waals surface area contributed by atoms with E-state index in [0.717, 1.165) is 4.57 Å². The zero-order chi connectivity index (χ0) is 27.2. The first-order valence-electron chi connectivity index (χ1n) is 11.9. The van der Waals surface area contributed by atoms with E-state index in [1.807, 2.05) is 11.0 Å². The van der Waals surface area contributed by atoms with E-state index in [2.05, 4.69) is 15.0 Å². The number of nitrogens with zero attached hydrogens (tertiary/aromatic N) is 5. The van der Waals surface area contributed by atoms with Crippen molar-refractivity contribution in [1.29, 1.82) is 5.26 Å². The van der Waals surface area contributed by atoms with Crippen molar-refractivity contribution >= 4 is 11.5 Å². The number of benzene rings is 1. The van der Waals surface area contributed by atoms with Crippen LogP contribution in [0.15, 0.2) is 33.9 Å². The van der Waals surface area contributed by atoms with Gasteiger partial charge in [-0.2, -0.15) is 22.8 Å². The molecule has 2 aromatic rings. The first-order valence-corrected chi connectivity index (χ1v) is 11.9. The van der Waals surface area contributed by atoms with Crippen LogP contribution in [0.3, 0.4) is 0 Å². The highest BCUT2D eigenvalue weighted by Gasteiger charge is 2.43. The number of ether oxygens (including phenoxy) is 1. The number of rotatable bonds is 10. The zero-order valence-electron chi connectivity index (χ0n) is 20.7. The monoisotopic (exact) mass is 526 g/mol. The van der Waals surface area contributed by atoms with Crippen LogP contribution in [-0.4, -0.2) is 65.8 Å². The quantitative estimate of drug-likeness (QED) is 0.375. The number of piperazine rings is 1. The van der Waals surface area contributed by atoms with Crippen molar-refractivity contribution in [2.24, 2.45) is 14.1 Å². The number of halogens is 4. The number of nitrogens with one attached hydrogen (secondary N) is 1. The normalized spacial score (nSPS) is 15.3. The average Bonchev–Trinajstić information content (AvgIpc) is 2.88. The molecule has 0 spiro atoms. The average molecular weight is 527 g/mol. The molecule has 1 saturated heterocycles. The standard InChI is InChI=1S/C24H30F4N6O3/c1-31-20(17(7-5-10-29)21(35)32(2)23(31)36)30-11-6-12-33-13-15-34(16-14-33)18-8-3-4-9-19(18)37-22(25)24(26,27)28/h3-4,8-9,22,30H,5-7,11-16H2,1-2H3. The Hall–Kier alpha value is -3.53. The molecular formula is C24H30F4N6O3. The van der Waals surface area contributed by atoms with Crippen molar-refractivity contribution in [3.05, 3.63) is 50.7 Å². The van der Waals surface area contributed by atoms with E-state index in [9.17, 15) is 27.2 Å². The first-order chi connectivity index (χ1) is 17.5. The van der Waals surface area contributed by atoms with E-state index in [4.69, 9.17) is 5.26 Å². The summed E-state index contributed by atoms with van der Waals surface area (Å²) in [5.74, 6) is 0.256. The summed E-state index contributed by atoms with van der Waals surface area (Å²) in [5, 5.41) is 12.1. The van der Waals surface area contributed by atoms with Gasteiger partial charge in [0.2, 0.25) is 0 Å². The minimum atomic E-state index is -5.10. The highest BCUT2D eigenvalue weighted by atomic mass is 19.4. The Morgan fingerprint density at radius 1 is 1.11 bits per heavy atom. The molecule has 1 aromatic carbocycles. The second kappa shape index (κ2) is 12.1. The molecule has 0 aliphatic carbocycles. The Labute approximate surface area is 211 Å². The van der Waals surface area contributed by atoms with Gasteiger partial charge in [0.25, 0.3) is 5.56 Å². The number of anilines is 2. The molecule has 0 amide bonds. The third-order valence-electron chi connectivity index (χ3n) is 6.25. The molecule has 37 heavy (non-hydrogen) atoms. The largest absolute Gasteiger partial charge is 0.457 e. The number of para-hydroxylation sites is 2. The van der Waals surface area contributed by atoms with Crippen LogP contribution in [0.4, 0.5) is 29.1 Å². The molecule has 9 nitrogen and oxygen atoms in total. The van der Waals surface area contributed by atoms with E-state index in [0.29, 0.717) is 62.8 Å². The lowest BCUT2D eigenvalue weighted by Gasteiger charge is -2.37. The Morgan fingerprint density at radius 3 is 2.43 bits per heavy atom. The summed E-state index contributed by atoms with van der Waals surface area (Å²) in [6, 6.07) is 8.10. The van der Waals surface area contributed by atoms with Gasteiger partial charge in [0.05, 0.1) is 17.3 Å². The van der Waals surface area contributed by atoms with Gasteiger partial charge in [0, 0.05) is 53.2 Å². The highest BCUT2D eigenvalue weighted by molar-refractivity contribution is 5.58. The molecule has 2 heterocycles. The van der Waals surface area contributed by atoms with Crippen LogP contribution in [0.2, 0.25) is 0 Å². The van der Waals surface area contributed by atoms with Crippen molar-refractivity contribution in [3.8, 4) is 11.8 Å². The van der Waals surface area contributed by atoms with E-state index in [1.54, 1.807) is 19.2 Å². The van der Waals surface area contributed by atoms with Gasteiger partial charge in [-0.1, -0.05) is 12.1 Å². The number of nitriles is 1. The molecule has 1 aliphatic rings. The third-order valence-corrected chi connectivity index (χ3v) is 6.25. The smallest absolute Gasteiger partial charge is 0.450 e. The molecule has 1 atom stereocenters. The minimum absolute atomic E-state index is 0.156. The van der Waals surface area contributed by atoms with Gasteiger partial charge in [0.1, 0.15) is 11.6 Å². The molecule has 0 saturated carbocycles. The summed E-state index contributed by atoms with van der Waals surface area (Å²) >= 11 is 0. The van der Waals surface area contributed by atoms with Crippen molar-refractivity contribution < 1.29 is 22.3 Å². The minimum Gasteiger partial charge on any atom is -0.450 e. The van der Waals surface area contributed by atoms with E-state index in [1.165, 1.54) is 23.7 Å². The van der Waals surface area contributed by atoms with Gasteiger partial charge in [-0.05, 0) is 31.5 Å². The molecule has 1 aromatic heterocycles. The molecular weight excluding hydrogens is 496 g/mol. The molecule has 202 valence electrons. The van der Waals surface area contributed by atoms with E-state index in [-0.39, 0.29) is 18.6 Å². The van der Waals surface area contributed by atoms with Crippen molar-refractivity contribution in [2.45, 2.75) is 31.8 Å². The van der Waals surface area contributed by atoms with Crippen LogP contribution in [-0.2, 0) is 20.5 Å². The fourth-order valence-electron chi connectivity index (χ4n) is 4.26. The second-order valence-electron chi connectivity index (χ2n) is 8.74. The van der Waals surface area contributed by atoms with E-state index >= 15 is 0 Å². The van der Waals surface area contributed by atoms with Crippen LogP contribution < -0.4 is 26.2 Å². The summed E-state index contributed by atoms with van der Waals surface area (Å²) in [6.07, 6.45) is -7.40. The molecule has 0 bridgehead atoms. The maximum atomic E-state index is 13.4. The Balaban J connectivity index is 1.54. The van der Waals surface area contributed by atoms with Crippen molar-refractivity contribution in [3.63, 3.8) is 0 Å².